The average molecular weight is 1090 g/mol. The lowest BCUT2D eigenvalue weighted by atomic mass is 10.1. The summed E-state index contributed by atoms with van der Waals surface area (Å²) < 4.78 is 17.0. The van der Waals surface area contributed by atoms with E-state index in [1.54, 1.807) is 0 Å². The fourth-order valence-corrected chi connectivity index (χ4v) is 9.58. The summed E-state index contributed by atoms with van der Waals surface area (Å²) >= 11 is 0. The third-order valence-corrected chi connectivity index (χ3v) is 14.6. The topological polar surface area (TPSA) is 78.9 Å². The van der Waals surface area contributed by atoms with Gasteiger partial charge >= 0.3 is 17.9 Å². The lowest BCUT2D eigenvalue weighted by molar-refractivity contribution is -0.167. The van der Waals surface area contributed by atoms with Gasteiger partial charge in [0.1, 0.15) is 13.2 Å². The zero-order chi connectivity index (χ0) is 56.4. The van der Waals surface area contributed by atoms with Crippen LogP contribution in [0, 0.1) is 0 Å². The predicted molar refractivity (Wildman–Crippen MR) is 339 cm³/mol. The molecule has 6 heteroatoms. The highest BCUT2D eigenvalue weighted by Crippen LogP contribution is 2.16. The first-order chi connectivity index (χ1) is 38.5. The number of ether oxygens (including phenoxy) is 3. The van der Waals surface area contributed by atoms with Crippen molar-refractivity contribution >= 4 is 17.9 Å². The van der Waals surface area contributed by atoms with Gasteiger partial charge in [-0.15, -0.1) is 0 Å². The molecule has 0 aliphatic carbocycles. The van der Waals surface area contributed by atoms with Gasteiger partial charge < -0.3 is 14.2 Å². The van der Waals surface area contributed by atoms with E-state index >= 15 is 0 Å². The van der Waals surface area contributed by atoms with Crippen molar-refractivity contribution in [3.8, 4) is 0 Å². The fourth-order valence-electron chi connectivity index (χ4n) is 9.58. The van der Waals surface area contributed by atoms with Crippen molar-refractivity contribution in [2.24, 2.45) is 0 Å². The molecule has 0 aromatic rings. The van der Waals surface area contributed by atoms with E-state index < -0.39 is 6.10 Å². The van der Waals surface area contributed by atoms with Gasteiger partial charge in [0.05, 0.1) is 0 Å². The van der Waals surface area contributed by atoms with Crippen LogP contribution in [-0.4, -0.2) is 37.2 Å². The molecule has 0 rings (SSSR count). The molecule has 0 spiro atoms. The molecule has 0 N–H and O–H groups in total. The number of carbonyl (C=O) groups is 3. The summed E-state index contributed by atoms with van der Waals surface area (Å²) in [7, 11) is 0. The number of carbonyl (C=O) groups excluding carboxylic acids is 3. The molecular weight excluding hydrogens is 961 g/mol. The predicted octanol–water partition coefficient (Wildman–Crippen LogP) is 23.1. The third-order valence-electron chi connectivity index (χ3n) is 14.6. The zero-order valence-corrected chi connectivity index (χ0v) is 51.7. The lowest BCUT2D eigenvalue weighted by Gasteiger charge is -2.18. The Balaban J connectivity index is 4.36. The van der Waals surface area contributed by atoms with E-state index in [1.807, 2.05) is 0 Å². The summed E-state index contributed by atoms with van der Waals surface area (Å²) in [5.41, 5.74) is 0. The van der Waals surface area contributed by atoms with Crippen LogP contribution in [0.25, 0.3) is 0 Å². The summed E-state index contributed by atoms with van der Waals surface area (Å²) in [5, 5.41) is 0. The highest BCUT2D eigenvalue weighted by molar-refractivity contribution is 5.71. The molecule has 0 saturated carbocycles. The lowest BCUT2D eigenvalue weighted by Crippen LogP contribution is -2.30. The van der Waals surface area contributed by atoms with Crippen molar-refractivity contribution in [3.05, 3.63) is 85.1 Å². The van der Waals surface area contributed by atoms with Crippen LogP contribution in [-0.2, 0) is 28.6 Å². The zero-order valence-electron chi connectivity index (χ0n) is 51.7. The van der Waals surface area contributed by atoms with Crippen molar-refractivity contribution < 1.29 is 28.6 Å². The molecule has 0 amide bonds. The molecule has 1 atom stereocenters. The second kappa shape index (κ2) is 66.1. The van der Waals surface area contributed by atoms with Crippen LogP contribution < -0.4 is 0 Å². The molecule has 6 nitrogen and oxygen atoms in total. The van der Waals surface area contributed by atoms with E-state index in [0.29, 0.717) is 19.3 Å². The van der Waals surface area contributed by atoms with E-state index in [0.717, 1.165) is 103 Å². The quantitative estimate of drug-likeness (QED) is 0.0261. The SMILES string of the molecule is CC/C=C\C/C=C\C/C=C\C/C=C\C/C=C\CCCCCCCCCCCC(=O)OCC(COC(=O)CCCCCCC/C=C\CCCCCCCCC)OC(=O)CCCCCCCCCCC/C=C\CCCCCCCC. The molecular formula is C72H126O6. The Hall–Kier alpha value is -3.41. The normalized spacial score (nSPS) is 12.6. The summed E-state index contributed by atoms with van der Waals surface area (Å²) in [6, 6.07) is 0. The van der Waals surface area contributed by atoms with E-state index in [1.165, 1.54) is 193 Å². The van der Waals surface area contributed by atoms with Gasteiger partial charge in [-0.3, -0.25) is 14.4 Å². The van der Waals surface area contributed by atoms with Crippen LogP contribution in [0.5, 0.6) is 0 Å². The summed E-state index contributed by atoms with van der Waals surface area (Å²) in [4.78, 5) is 38.4. The molecule has 0 aliphatic heterocycles. The molecule has 0 bridgehead atoms. The highest BCUT2D eigenvalue weighted by atomic mass is 16.6. The maximum Gasteiger partial charge on any atom is 0.306 e. The van der Waals surface area contributed by atoms with Crippen molar-refractivity contribution in [3.63, 3.8) is 0 Å². The van der Waals surface area contributed by atoms with Gasteiger partial charge in [0.25, 0.3) is 0 Å². The van der Waals surface area contributed by atoms with Crippen LogP contribution in [0.2, 0.25) is 0 Å². The van der Waals surface area contributed by atoms with Crippen LogP contribution >= 0.6 is 0 Å². The van der Waals surface area contributed by atoms with E-state index in [9.17, 15) is 14.4 Å². The minimum atomic E-state index is -0.785. The number of rotatable bonds is 61. The first kappa shape index (κ1) is 74.6. The van der Waals surface area contributed by atoms with Gasteiger partial charge in [-0.2, -0.15) is 0 Å². The van der Waals surface area contributed by atoms with Gasteiger partial charge in [-0.05, 0) is 116 Å². The Morgan fingerprint density at radius 1 is 0.269 bits per heavy atom. The number of unbranched alkanes of at least 4 members (excludes halogenated alkanes) is 36. The molecule has 0 radical (unpaired) electrons. The Morgan fingerprint density at radius 2 is 0.500 bits per heavy atom. The summed E-state index contributed by atoms with van der Waals surface area (Å²) in [5.74, 6) is -0.882. The first-order valence-electron chi connectivity index (χ1n) is 33.6. The summed E-state index contributed by atoms with van der Waals surface area (Å²) in [6.07, 6.45) is 87.3. The van der Waals surface area contributed by atoms with Crippen molar-refractivity contribution in [2.45, 2.75) is 341 Å². The van der Waals surface area contributed by atoms with E-state index in [4.69, 9.17) is 14.2 Å². The van der Waals surface area contributed by atoms with Crippen LogP contribution in [0.3, 0.4) is 0 Å². The van der Waals surface area contributed by atoms with Crippen LogP contribution in [0.1, 0.15) is 335 Å². The second-order valence-electron chi connectivity index (χ2n) is 22.3. The highest BCUT2D eigenvalue weighted by Gasteiger charge is 2.19. The third kappa shape index (κ3) is 63.4. The maximum absolute atomic E-state index is 12.9. The Kier molecular flexibility index (Phi) is 63.2. The Labute approximate surface area is 484 Å². The molecule has 0 aromatic heterocycles. The van der Waals surface area contributed by atoms with Gasteiger partial charge in [0.15, 0.2) is 6.10 Å². The molecule has 0 heterocycles. The van der Waals surface area contributed by atoms with Crippen molar-refractivity contribution in [1.29, 1.82) is 0 Å². The van der Waals surface area contributed by atoms with Gasteiger partial charge in [0, 0.05) is 19.3 Å². The van der Waals surface area contributed by atoms with Crippen LogP contribution in [0.15, 0.2) is 85.1 Å². The van der Waals surface area contributed by atoms with Gasteiger partial charge in [-0.1, -0.05) is 286 Å². The molecule has 0 fully saturated rings. The molecule has 0 saturated heterocycles. The van der Waals surface area contributed by atoms with Gasteiger partial charge in [-0.25, -0.2) is 0 Å². The Morgan fingerprint density at radius 3 is 0.795 bits per heavy atom. The first-order valence-corrected chi connectivity index (χ1v) is 33.6. The number of allylic oxidation sites excluding steroid dienone is 14. The summed E-state index contributed by atoms with van der Waals surface area (Å²) in [6.45, 7) is 6.55. The molecule has 0 aliphatic rings. The molecule has 450 valence electrons. The van der Waals surface area contributed by atoms with E-state index in [-0.39, 0.29) is 31.1 Å². The second-order valence-corrected chi connectivity index (χ2v) is 22.3. The molecule has 0 aromatic carbocycles. The van der Waals surface area contributed by atoms with E-state index in [2.05, 4.69) is 106 Å². The average Bonchev–Trinajstić information content (AvgIpc) is 3.44. The minimum Gasteiger partial charge on any atom is -0.462 e. The standard InChI is InChI=1S/C72H126O6/c1-4-7-10-13-16-19-22-25-28-31-33-34-35-36-37-38-40-41-44-47-50-53-56-59-62-65-71(74)77-68-69(67-76-70(73)64-61-58-55-52-49-46-43-30-27-24-21-18-15-12-9-6-3)78-72(75)66-63-60-57-54-51-48-45-42-39-32-29-26-23-20-17-14-11-8-5-2/h7,10,16,19,25-26,28-30,33-34,36-37,43,69H,4-6,8-9,11-15,17-18,20-24,27,31-32,35,38-42,44-68H2,1-3H3/b10-7-,19-16-,28-25-,29-26-,34-33-,37-36-,43-30-. The monoisotopic (exact) mass is 1090 g/mol. The van der Waals surface area contributed by atoms with Crippen molar-refractivity contribution in [2.75, 3.05) is 13.2 Å². The Bertz CT molecular complexity index is 1480. The maximum atomic E-state index is 12.9. The minimum absolute atomic E-state index is 0.0814. The smallest absolute Gasteiger partial charge is 0.306 e. The molecule has 78 heavy (non-hydrogen) atoms. The fraction of sp³-hybridized carbons (Fsp3) is 0.764. The van der Waals surface area contributed by atoms with Crippen molar-refractivity contribution in [1.82, 2.24) is 0 Å². The number of esters is 3. The number of hydrogen-bond donors (Lipinski definition) is 0. The number of hydrogen-bond acceptors (Lipinski definition) is 6. The van der Waals surface area contributed by atoms with Crippen LogP contribution in [0.4, 0.5) is 0 Å². The van der Waals surface area contributed by atoms with Gasteiger partial charge in [0.2, 0.25) is 0 Å². The largest absolute Gasteiger partial charge is 0.462 e. The molecule has 1 unspecified atom stereocenters.